The van der Waals surface area contributed by atoms with Gasteiger partial charge in [-0.2, -0.15) is 4.98 Å². The molecule has 0 bridgehead atoms. The highest BCUT2D eigenvalue weighted by Crippen LogP contribution is 2.14. The third kappa shape index (κ3) is 3.12. The first-order valence-electron chi connectivity index (χ1n) is 5.14. The Morgan fingerprint density at radius 2 is 2.06 bits per heavy atom. The highest BCUT2D eigenvalue weighted by Gasteiger charge is 2.14. The summed E-state index contributed by atoms with van der Waals surface area (Å²) in [5.41, 5.74) is 6.37. The van der Waals surface area contributed by atoms with Gasteiger partial charge in [-0.1, -0.05) is 33.2 Å². The number of nitrogens with two attached hydrogens (primary N) is 1. The minimum Gasteiger partial charge on any atom is -0.382 e. The van der Waals surface area contributed by atoms with Crippen LogP contribution in [0.2, 0.25) is 0 Å². The van der Waals surface area contributed by atoms with Crippen LogP contribution in [0.1, 0.15) is 23.4 Å². The van der Waals surface area contributed by atoms with Gasteiger partial charge in [0.1, 0.15) is 6.10 Å². The lowest BCUT2D eigenvalue weighted by molar-refractivity contribution is 0.141. The van der Waals surface area contributed by atoms with Crippen LogP contribution in [0, 0.1) is 0 Å². The zero-order chi connectivity index (χ0) is 12.3. The molecule has 2 aromatic rings. The van der Waals surface area contributed by atoms with Crippen LogP contribution in [0.25, 0.3) is 0 Å². The Kier molecular flexibility index (Phi) is 3.88. The summed E-state index contributed by atoms with van der Waals surface area (Å²) in [5.74, 6) is 0.703. The predicted molar refractivity (Wildman–Crippen MR) is 65.3 cm³/mol. The third-order valence-corrected chi connectivity index (χ3v) is 2.80. The Bertz CT molecular complexity index is 484. The van der Waals surface area contributed by atoms with Gasteiger partial charge >= 0.3 is 0 Å². The summed E-state index contributed by atoms with van der Waals surface area (Å²) in [6, 6.07) is 7.84. The van der Waals surface area contributed by atoms with Crippen molar-refractivity contribution in [3.8, 4) is 0 Å². The maximum Gasteiger partial charge on any atom is 0.256 e. The molecule has 0 aliphatic heterocycles. The molecule has 0 amide bonds. The normalized spacial score (nSPS) is 12.6. The van der Waals surface area contributed by atoms with Gasteiger partial charge in [0.05, 0.1) is 0 Å². The van der Waals surface area contributed by atoms with Crippen molar-refractivity contribution in [2.45, 2.75) is 12.5 Å². The van der Waals surface area contributed by atoms with E-state index in [1.807, 2.05) is 24.3 Å². The molecule has 0 radical (unpaired) electrons. The molecular weight excluding hydrogens is 286 g/mol. The molecule has 0 saturated carbocycles. The van der Waals surface area contributed by atoms with Crippen molar-refractivity contribution in [2.75, 3.05) is 6.54 Å². The molecular formula is C11H12BrN3O2. The maximum atomic E-state index is 9.42. The minimum atomic E-state index is -0.888. The van der Waals surface area contributed by atoms with Crippen molar-refractivity contribution in [3.05, 3.63) is 46.0 Å². The van der Waals surface area contributed by atoms with Gasteiger partial charge in [0.25, 0.3) is 5.89 Å². The summed E-state index contributed by atoms with van der Waals surface area (Å²) in [4.78, 5) is 4.08. The lowest BCUT2D eigenvalue weighted by Crippen LogP contribution is -2.11. The monoisotopic (exact) mass is 297 g/mol. The SMILES string of the molecule is NCC(O)c1nc(Cc2ccc(Br)cc2)no1. The molecule has 17 heavy (non-hydrogen) atoms. The van der Waals surface area contributed by atoms with Crippen LogP contribution in [-0.4, -0.2) is 21.8 Å². The van der Waals surface area contributed by atoms with Crippen molar-refractivity contribution in [2.24, 2.45) is 5.73 Å². The van der Waals surface area contributed by atoms with E-state index >= 15 is 0 Å². The number of halogens is 1. The Morgan fingerprint density at radius 1 is 1.35 bits per heavy atom. The second kappa shape index (κ2) is 5.39. The summed E-state index contributed by atoms with van der Waals surface area (Å²) >= 11 is 3.37. The smallest absolute Gasteiger partial charge is 0.256 e. The predicted octanol–water partition coefficient (Wildman–Crippen LogP) is 1.41. The average Bonchev–Trinajstić information content (AvgIpc) is 2.80. The van der Waals surface area contributed by atoms with Gasteiger partial charge in [-0.3, -0.25) is 0 Å². The Labute approximate surface area is 107 Å². The van der Waals surface area contributed by atoms with Gasteiger partial charge < -0.3 is 15.4 Å². The molecule has 5 nitrogen and oxygen atoms in total. The van der Waals surface area contributed by atoms with Crippen molar-refractivity contribution >= 4 is 15.9 Å². The van der Waals surface area contributed by atoms with E-state index in [4.69, 9.17) is 10.3 Å². The second-order valence-electron chi connectivity index (χ2n) is 3.60. The maximum absolute atomic E-state index is 9.42. The summed E-state index contributed by atoms with van der Waals surface area (Å²) in [5, 5.41) is 13.2. The fourth-order valence-electron chi connectivity index (χ4n) is 1.36. The lowest BCUT2D eigenvalue weighted by atomic mass is 10.1. The Balaban J connectivity index is 2.08. The fraction of sp³-hybridized carbons (Fsp3) is 0.273. The number of aromatic nitrogens is 2. The van der Waals surface area contributed by atoms with E-state index in [0.29, 0.717) is 12.2 Å². The number of aliphatic hydroxyl groups excluding tert-OH is 1. The quantitative estimate of drug-likeness (QED) is 0.891. The van der Waals surface area contributed by atoms with E-state index in [1.165, 1.54) is 0 Å². The first kappa shape index (κ1) is 12.2. The van der Waals surface area contributed by atoms with Crippen LogP contribution in [0.5, 0.6) is 0 Å². The molecule has 2 rings (SSSR count). The van der Waals surface area contributed by atoms with Crippen molar-refractivity contribution in [3.63, 3.8) is 0 Å². The zero-order valence-electron chi connectivity index (χ0n) is 9.01. The molecule has 1 atom stereocenters. The number of nitrogens with zero attached hydrogens (tertiary/aromatic N) is 2. The molecule has 1 unspecified atom stereocenters. The van der Waals surface area contributed by atoms with Crippen molar-refractivity contribution < 1.29 is 9.63 Å². The molecule has 0 fully saturated rings. The van der Waals surface area contributed by atoms with Gasteiger partial charge in [0.2, 0.25) is 0 Å². The van der Waals surface area contributed by atoms with Gasteiger partial charge in [0.15, 0.2) is 5.82 Å². The summed E-state index contributed by atoms with van der Waals surface area (Å²) in [6.45, 7) is 0.0694. The highest BCUT2D eigenvalue weighted by molar-refractivity contribution is 9.10. The fourth-order valence-corrected chi connectivity index (χ4v) is 1.62. The number of aliphatic hydroxyl groups is 1. The van der Waals surface area contributed by atoms with Crippen LogP contribution in [0.15, 0.2) is 33.3 Å². The van der Waals surface area contributed by atoms with Crippen LogP contribution in [-0.2, 0) is 6.42 Å². The van der Waals surface area contributed by atoms with E-state index < -0.39 is 6.10 Å². The number of benzene rings is 1. The van der Waals surface area contributed by atoms with E-state index in [2.05, 4.69) is 26.1 Å². The number of hydrogen-bond donors (Lipinski definition) is 2. The molecule has 1 aromatic heterocycles. The molecule has 90 valence electrons. The van der Waals surface area contributed by atoms with E-state index in [1.54, 1.807) is 0 Å². The molecule has 0 aliphatic carbocycles. The molecule has 3 N–H and O–H groups in total. The molecule has 0 spiro atoms. The number of hydrogen-bond acceptors (Lipinski definition) is 5. The summed E-state index contributed by atoms with van der Waals surface area (Å²) < 4.78 is 5.93. The van der Waals surface area contributed by atoms with Crippen molar-refractivity contribution in [1.82, 2.24) is 10.1 Å². The lowest BCUT2D eigenvalue weighted by Gasteiger charge is -1.98. The van der Waals surface area contributed by atoms with Crippen LogP contribution < -0.4 is 5.73 Å². The summed E-state index contributed by atoms with van der Waals surface area (Å²) in [6.07, 6.45) is -0.324. The zero-order valence-corrected chi connectivity index (χ0v) is 10.6. The van der Waals surface area contributed by atoms with E-state index in [-0.39, 0.29) is 12.4 Å². The summed E-state index contributed by atoms with van der Waals surface area (Å²) in [7, 11) is 0. The van der Waals surface area contributed by atoms with E-state index in [9.17, 15) is 5.11 Å². The first-order chi connectivity index (χ1) is 8.19. The van der Waals surface area contributed by atoms with E-state index in [0.717, 1.165) is 10.0 Å². The molecule has 1 heterocycles. The van der Waals surface area contributed by atoms with Gasteiger partial charge in [-0.05, 0) is 17.7 Å². The first-order valence-corrected chi connectivity index (χ1v) is 5.93. The highest BCUT2D eigenvalue weighted by atomic mass is 79.9. The minimum absolute atomic E-state index is 0.0694. The van der Waals surface area contributed by atoms with Crippen LogP contribution >= 0.6 is 15.9 Å². The van der Waals surface area contributed by atoms with Gasteiger partial charge in [-0.15, -0.1) is 0 Å². The molecule has 0 aliphatic rings. The van der Waals surface area contributed by atoms with Crippen molar-refractivity contribution in [1.29, 1.82) is 0 Å². The molecule has 1 aromatic carbocycles. The second-order valence-corrected chi connectivity index (χ2v) is 4.52. The topological polar surface area (TPSA) is 85.2 Å². The molecule has 0 saturated heterocycles. The Morgan fingerprint density at radius 3 is 2.71 bits per heavy atom. The largest absolute Gasteiger partial charge is 0.382 e. The van der Waals surface area contributed by atoms with Crippen LogP contribution in [0.4, 0.5) is 0 Å². The third-order valence-electron chi connectivity index (χ3n) is 2.27. The van der Waals surface area contributed by atoms with Gasteiger partial charge in [-0.25, -0.2) is 0 Å². The Hall–Kier alpha value is -1.24. The number of rotatable bonds is 4. The van der Waals surface area contributed by atoms with Crippen LogP contribution in [0.3, 0.4) is 0 Å². The standard InChI is InChI=1S/C11H12BrN3O2/c12-8-3-1-7(2-4-8)5-10-14-11(17-15-10)9(16)6-13/h1-4,9,16H,5-6,13H2. The average molecular weight is 298 g/mol. The molecule has 6 heteroatoms. The van der Waals surface area contributed by atoms with Gasteiger partial charge in [0, 0.05) is 17.4 Å².